The van der Waals surface area contributed by atoms with Crippen molar-refractivity contribution in [1.82, 2.24) is 0 Å². The lowest BCUT2D eigenvalue weighted by Crippen LogP contribution is -2.42. The standard InChI is InChI=1S/C21H30N2O4/c1-14(2)19(26)22-16-10-7-11-17(12-16)23-20(27)21(3,13-18(24)25)15-8-5-4-6-9-15/h7,10-12,14-15H,4-6,8-9,13H2,1-3H3,(H,22,26)(H,23,27)(H,24,25). The number of benzene rings is 1. The molecule has 1 aliphatic rings. The van der Waals surface area contributed by atoms with Crippen molar-refractivity contribution in [3.8, 4) is 0 Å². The van der Waals surface area contributed by atoms with Gasteiger partial charge in [0.15, 0.2) is 0 Å². The lowest BCUT2D eigenvalue weighted by Gasteiger charge is -2.37. The number of anilines is 2. The number of nitrogens with one attached hydrogen (secondary N) is 2. The maximum atomic E-state index is 13.0. The third-order valence-electron chi connectivity index (χ3n) is 5.46. The zero-order valence-corrected chi connectivity index (χ0v) is 16.4. The molecule has 1 atom stereocenters. The van der Waals surface area contributed by atoms with Gasteiger partial charge >= 0.3 is 5.97 Å². The van der Waals surface area contributed by atoms with Gasteiger partial charge in [-0.05, 0) is 43.9 Å². The van der Waals surface area contributed by atoms with E-state index >= 15 is 0 Å². The Morgan fingerprint density at radius 3 is 2.26 bits per heavy atom. The van der Waals surface area contributed by atoms with E-state index in [9.17, 15) is 19.5 Å². The van der Waals surface area contributed by atoms with Gasteiger partial charge in [-0.1, -0.05) is 39.2 Å². The lowest BCUT2D eigenvalue weighted by atomic mass is 9.67. The minimum absolute atomic E-state index is 0.0613. The van der Waals surface area contributed by atoms with E-state index in [1.54, 1.807) is 31.2 Å². The number of amides is 2. The van der Waals surface area contributed by atoms with Crippen LogP contribution in [0.25, 0.3) is 0 Å². The summed E-state index contributed by atoms with van der Waals surface area (Å²) in [6, 6.07) is 6.94. The number of rotatable bonds is 7. The molecule has 2 amide bonds. The van der Waals surface area contributed by atoms with Gasteiger partial charge in [0.25, 0.3) is 0 Å². The van der Waals surface area contributed by atoms with Crippen LogP contribution in [-0.2, 0) is 14.4 Å². The van der Waals surface area contributed by atoms with E-state index < -0.39 is 11.4 Å². The summed E-state index contributed by atoms with van der Waals surface area (Å²) in [5.74, 6) is -1.42. The van der Waals surface area contributed by atoms with Crippen LogP contribution in [0, 0.1) is 17.3 Å². The Bertz CT molecular complexity index is 695. The van der Waals surface area contributed by atoms with Crippen LogP contribution in [0.5, 0.6) is 0 Å². The van der Waals surface area contributed by atoms with Crippen LogP contribution in [-0.4, -0.2) is 22.9 Å². The van der Waals surface area contributed by atoms with Crippen molar-refractivity contribution < 1.29 is 19.5 Å². The number of carbonyl (C=O) groups excluding carboxylic acids is 2. The van der Waals surface area contributed by atoms with Gasteiger partial charge in [0.1, 0.15) is 0 Å². The fraction of sp³-hybridized carbons (Fsp3) is 0.571. The molecule has 2 rings (SSSR count). The molecule has 1 fully saturated rings. The van der Waals surface area contributed by atoms with E-state index in [1.165, 1.54) is 0 Å². The summed E-state index contributed by atoms with van der Waals surface area (Å²) in [6.07, 6.45) is 4.77. The average molecular weight is 374 g/mol. The Morgan fingerprint density at radius 1 is 1.11 bits per heavy atom. The van der Waals surface area contributed by atoms with E-state index in [2.05, 4.69) is 10.6 Å². The highest BCUT2D eigenvalue weighted by Gasteiger charge is 2.43. The molecule has 0 bridgehead atoms. The van der Waals surface area contributed by atoms with E-state index in [-0.39, 0.29) is 30.1 Å². The Labute approximate surface area is 160 Å². The Morgan fingerprint density at radius 2 is 1.70 bits per heavy atom. The molecule has 3 N–H and O–H groups in total. The highest BCUT2D eigenvalue weighted by atomic mass is 16.4. The van der Waals surface area contributed by atoms with Crippen molar-refractivity contribution in [3.63, 3.8) is 0 Å². The molecule has 1 aliphatic carbocycles. The van der Waals surface area contributed by atoms with E-state index in [0.29, 0.717) is 11.4 Å². The van der Waals surface area contributed by atoms with E-state index in [4.69, 9.17) is 0 Å². The first-order chi connectivity index (χ1) is 12.7. The number of hydrogen-bond donors (Lipinski definition) is 3. The highest BCUT2D eigenvalue weighted by Crippen LogP contribution is 2.42. The van der Waals surface area contributed by atoms with E-state index in [1.807, 2.05) is 13.8 Å². The fourth-order valence-electron chi connectivity index (χ4n) is 3.70. The number of carboxylic acid groups (broad SMARTS) is 1. The van der Waals surface area contributed by atoms with Gasteiger partial charge in [-0.15, -0.1) is 0 Å². The number of carbonyl (C=O) groups is 3. The van der Waals surface area contributed by atoms with Crippen LogP contribution in [0.3, 0.4) is 0 Å². The van der Waals surface area contributed by atoms with Gasteiger partial charge in [0, 0.05) is 17.3 Å². The van der Waals surface area contributed by atoms with Crippen molar-refractivity contribution >= 4 is 29.2 Å². The van der Waals surface area contributed by atoms with Gasteiger partial charge in [0.05, 0.1) is 11.8 Å². The minimum Gasteiger partial charge on any atom is -0.481 e. The van der Waals surface area contributed by atoms with Crippen molar-refractivity contribution in [3.05, 3.63) is 24.3 Å². The molecule has 1 unspecified atom stereocenters. The van der Waals surface area contributed by atoms with Crippen molar-refractivity contribution in [2.45, 2.75) is 59.3 Å². The number of aliphatic carboxylic acids is 1. The molecule has 1 aromatic carbocycles. The lowest BCUT2D eigenvalue weighted by molar-refractivity contribution is -0.145. The summed E-state index contributed by atoms with van der Waals surface area (Å²) < 4.78 is 0. The number of carboxylic acids is 1. The maximum Gasteiger partial charge on any atom is 0.304 e. The van der Waals surface area contributed by atoms with Gasteiger partial charge in [-0.2, -0.15) is 0 Å². The SMILES string of the molecule is CC(C)C(=O)Nc1cccc(NC(=O)C(C)(CC(=O)O)C2CCCCC2)c1. The molecule has 0 radical (unpaired) electrons. The van der Waals surface area contributed by atoms with E-state index in [0.717, 1.165) is 32.1 Å². The maximum absolute atomic E-state index is 13.0. The second kappa shape index (κ2) is 9.02. The molecule has 0 heterocycles. The molecular formula is C21H30N2O4. The topological polar surface area (TPSA) is 95.5 Å². The summed E-state index contributed by atoms with van der Waals surface area (Å²) in [5, 5.41) is 15.0. The van der Waals surface area contributed by atoms with Crippen LogP contribution in [0.1, 0.15) is 59.3 Å². The number of hydrogen-bond acceptors (Lipinski definition) is 3. The molecular weight excluding hydrogens is 344 g/mol. The molecule has 6 heteroatoms. The summed E-state index contributed by atoms with van der Waals surface area (Å²) in [4.78, 5) is 36.3. The average Bonchev–Trinajstić information content (AvgIpc) is 2.62. The fourth-order valence-corrected chi connectivity index (χ4v) is 3.70. The largest absolute Gasteiger partial charge is 0.481 e. The zero-order valence-electron chi connectivity index (χ0n) is 16.4. The first-order valence-corrected chi connectivity index (χ1v) is 9.66. The Balaban J connectivity index is 2.16. The van der Waals surface area contributed by atoms with Crippen LogP contribution >= 0.6 is 0 Å². The summed E-state index contributed by atoms with van der Waals surface area (Å²) >= 11 is 0. The summed E-state index contributed by atoms with van der Waals surface area (Å²) in [5.41, 5.74) is 0.196. The highest BCUT2D eigenvalue weighted by molar-refractivity contribution is 5.98. The van der Waals surface area contributed by atoms with Gasteiger partial charge in [-0.3, -0.25) is 14.4 Å². The molecule has 27 heavy (non-hydrogen) atoms. The van der Waals surface area contributed by atoms with Crippen molar-refractivity contribution in [2.75, 3.05) is 10.6 Å². The predicted molar refractivity (Wildman–Crippen MR) is 105 cm³/mol. The quantitative estimate of drug-likeness (QED) is 0.664. The van der Waals surface area contributed by atoms with Crippen LogP contribution in [0.4, 0.5) is 11.4 Å². The van der Waals surface area contributed by atoms with Crippen molar-refractivity contribution in [1.29, 1.82) is 0 Å². The molecule has 0 aliphatic heterocycles. The van der Waals surface area contributed by atoms with Gasteiger partial charge in [0.2, 0.25) is 11.8 Å². The van der Waals surface area contributed by atoms with Gasteiger partial charge in [-0.25, -0.2) is 0 Å². The molecule has 148 valence electrons. The molecule has 1 saturated carbocycles. The monoisotopic (exact) mass is 374 g/mol. The third-order valence-corrected chi connectivity index (χ3v) is 5.46. The molecule has 0 aromatic heterocycles. The predicted octanol–water partition coefficient (Wildman–Crippen LogP) is 4.28. The van der Waals surface area contributed by atoms with Gasteiger partial charge < -0.3 is 15.7 Å². The first-order valence-electron chi connectivity index (χ1n) is 9.66. The third kappa shape index (κ3) is 5.55. The molecule has 0 spiro atoms. The Kier molecular flexibility index (Phi) is 6.99. The van der Waals surface area contributed by atoms with Crippen LogP contribution < -0.4 is 10.6 Å². The van der Waals surface area contributed by atoms with Crippen molar-refractivity contribution in [2.24, 2.45) is 17.3 Å². The Hall–Kier alpha value is -2.37. The summed E-state index contributed by atoms with van der Waals surface area (Å²) in [6.45, 7) is 5.38. The summed E-state index contributed by atoms with van der Waals surface area (Å²) in [7, 11) is 0. The first kappa shape index (κ1) is 20.9. The molecule has 0 saturated heterocycles. The smallest absolute Gasteiger partial charge is 0.304 e. The second-order valence-electron chi connectivity index (χ2n) is 8.00. The zero-order chi connectivity index (χ0) is 20.0. The molecule has 1 aromatic rings. The second-order valence-corrected chi connectivity index (χ2v) is 8.00. The van der Waals surface area contributed by atoms with Crippen LogP contribution in [0.2, 0.25) is 0 Å². The molecule has 6 nitrogen and oxygen atoms in total. The minimum atomic E-state index is -0.962. The van der Waals surface area contributed by atoms with Crippen LogP contribution in [0.15, 0.2) is 24.3 Å². The normalized spacial score (nSPS) is 17.2.